The van der Waals surface area contributed by atoms with Crippen molar-refractivity contribution in [3.05, 3.63) is 35.1 Å². The van der Waals surface area contributed by atoms with Gasteiger partial charge in [-0.15, -0.1) is 0 Å². The van der Waals surface area contributed by atoms with Crippen molar-refractivity contribution in [1.82, 2.24) is 0 Å². The van der Waals surface area contributed by atoms with Gasteiger partial charge in [0.2, 0.25) is 0 Å². The summed E-state index contributed by atoms with van der Waals surface area (Å²) in [4.78, 5) is 10.5. The van der Waals surface area contributed by atoms with Gasteiger partial charge in [-0.1, -0.05) is 32.9 Å². The highest BCUT2D eigenvalue weighted by molar-refractivity contribution is 5.75. The van der Waals surface area contributed by atoms with Gasteiger partial charge in [0.25, 0.3) is 0 Å². The predicted octanol–water partition coefficient (Wildman–Crippen LogP) is 2.94. The maximum atomic E-state index is 13.5. The Morgan fingerprint density at radius 3 is 2.38 bits per heavy atom. The quantitative estimate of drug-likeness (QED) is 0.607. The second kappa shape index (κ2) is 3.29. The predicted molar refractivity (Wildman–Crippen MR) is 50.5 cm³/mol. The number of carbonyl (C=O) groups is 1. The molecule has 0 saturated heterocycles. The standard InChI is InChI=1S/C11H13FO/c1-11(2,3)9-6-4-5-8(7-13)10(9)12/h4-7H,1-3H3. The lowest BCUT2D eigenvalue weighted by molar-refractivity contribution is 0.111. The summed E-state index contributed by atoms with van der Waals surface area (Å²) in [5, 5.41) is 0. The molecule has 0 aliphatic heterocycles. The minimum Gasteiger partial charge on any atom is -0.298 e. The Labute approximate surface area is 77.6 Å². The Hall–Kier alpha value is -1.18. The zero-order valence-corrected chi connectivity index (χ0v) is 8.10. The average Bonchev–Trinajstić information content (AvgIpc) is 2.02. The molecule has 0 unspecified atom stereocenters. The SMILES string of the molecule is CC(C)(C)c1cccc(C=O)c1F. The molecule has 13 heavy (non-hydrogen) atoms. The summed E-state index contributed by atoms with van der Waals surface area (Å²) >= 11 is 0. The third kappa shape index (κ3) is 1.94. The van der Waals surface area contributed by atoms with E-state index in [1.807, 2.05) is 20.8 Å². The van der Waals surface area contributed by atoms with Crippen LogP contribution in [0.25, 0.3) is 0 Å². The van der Waals surface area contributed by atoms with Crippen molar-refractivity contribution < 1.29 is 9.18 Å². The van der Waals surface area contributed by atoms with Gasteiger partial charge >= 0.3 is 0 Å². The molecule has 1 rings (SSSR count). The van der Waals surface area contributed by atoms with Gasteiger partial charge in [0, 0.05) is 0 Å². The molecule has 0 fully saturated rings. The lowest BCUT2D eigenvalue weighted by Crippen LogP contribution is -2.14. The molecule has 0 radical (unpaired) electrons. The van der Waals surface area contributed by atoms with E-state index in [1.54, 1.807) is 12.1 Å². The first-order chi connectivity index (χ1) is 5.96. The summed E-state index contributed by atoms with van der Waals surface area (Å²) < 4.78 is 13.5. The van der Waals surface area contributed by atoms with Crippen LogP contribution in [0.15, 0.2) is 18.2 Å². The summed E-state index contributed by atoms with van der Waals surface area (Å²) in [6.07, 6.45) is 0.546. The lowest BCUT2D eigenvalue weighted by atomic mass is 9.86. The Balaban J connectivity index is 3.32. The third-order valence-electron chi connectivity index (χ3n) is 1.96. The van der Waals surface area contributed by atoms with Crippen LogP contribution in [0.5, 0.6) is 0 Å². The van der Waals surface area contributed by atoms with Crippen LogP contribution in [0, 0.1) is 5.82 Å². The Kier molecular flexibility index (Phi) is 2.50. The first-order valence-corrected chi connectivity index (χ1v) is 4.21. The summed E-state index contributed by atoms with van der Waals surface area (Å²) in [5.74, 6) is -0.398. The van der Waals surface area contributed by atoms with Gasteiger partial charge in [-0.3, -0.25) is 4.79 Å². The summed E-state index contributed by atoms with van der Waals surface area (Å²) in [6, 6.07) is 4.90. The number of halogens is 1. The molecular weight excluding hydrogens is 167 g/mol. The second-order valence-corrected chi connectivity index (χ2v) is 4.08. The maximum Gasteiger partial charge on any atom is 0.153 e. The first-order valence-electron chi connectivity index (χ1n) is 4.21. The van der Waals surface area contributed by atoms with E-state index in [4.69, 9.17) is 0 Å². The molecule has 0 amide bonds. The molecule has 1 nitrogen and oxygen atoms in total. The molecule has 70 valence electrons. The van der Waals surface area contributed by atoms with E-state index in [9.17, 15) is 9.18 Å². The van der Waals surface area contributed by atoms with Gasteiger partial charge in [0.15, 0.2) is 6.29 Å². The van der Waals surface area contributed by atoms with Crippen molar-refractivity contribution in [2.45, 2.75) is 26.2 Å². The fourth-order valence-electron chi connectivity index (χ4n) is 1.22. The maximum absolute atomic E-state index is 13.5. The second-order valence-electron chi connectivity index (χ2n) is 4.08. The molecule has 0 N–H and O–H groups in total. The van der Waals surface area contributed by atoms with Crippen LogP contribution in [-0.4, -0.2) is 6.29 Å². The first kappa shape index (κ1) is 9.90. The van der Waals surface area contributed by atoms with Gasteiger partial charge in [-0.05, 0) is 17.0 Å². The zero-order chi connectivity index (χ0) is 10.1. The normalized spacial score (nSPS) is 11.4. The number of benzene rings is 1. The van der Waals surface area contributed by atoms with Crippen LogP contribution in [0.2, 0.25) is 0 Å². The fraction of sp³-hybridized carbons (Fsp3) is 0.364. The van der Waals surface area contributed by atoms with Gasteiger partial charge in [-0.2, -0.15) is 0 Å². The number of aldehydes is 1. The van der Waals surface area contributed by atoms with E-state index < -0.39 is 5.82 Å². The molecule has 2 heteroatoms. The highest BCUT2D eigenvalue weighted by atomic mass is 19.1. The molecule has 0 heterocycles. The van der Waals surface area contributed by atoms with Gasteiger partial charge in [0.1, 0.15) is 5.82 Å². The molecule has 0 spiro atoms. The van der Waals surface area contributed by atoms with E-state index in [1.165, 1.54) is 6.07 Å². The van der Waals surface area contributed by atoms with Crippen LogP contribution < -0.4 is 0 Å². The Morgan fingerprint density at radius 2 is 1.92 bits per heavy atom. The van der Waals surface area contributed by atoms with Crippen molar-refractivity contribution in [3.8, 4) is 0 Å². The van der Waals surface area contributed by atoms with E-state index in [-0.39, 0.29) is 11.0 Å². The Morgan fingerprint density at radius 1 is 1.31 bits per heavy atom. The van der Waals surface area contributed by atoms with Crippen molar-refractivity contribution >= 4 is 6.29 Å². The van der Waals surface area contributed by atoms with Crippen LogP contribution in [0.1, 0.15) is 36.7 Å². The van der Waals surface area contributed by atoms with Crippen molar-refractivity contribution in [3.63, 3.8) is 0 Å². The minimum absolute atomic E-state index is 0.132. The summed E-state index contributed by atoms with van der Waals surface area (Å²) in [7, 11) is 0. The van der Waals surface area contributed by atoms with Gasteiger partial charge < -0.3 is 0 Å². The highest BCUT2D eigenvalue weighted by Gasteiger charge is 2.19. The smallest absolute Gasteiger partial charge is 0.153 e. The monoisotopic (exact) mass is 180 g/mol. The largest absolute Gasteiger partial charge is 0.298 e. The van der Waals surface area contributed by atoms with Crippen LogP contribution in [0.3, 0.4) is 0 Å². The van der Waals surface area contributed by atoms with E-state index in [0.717, 1.165) is 0 Å². The molecule has 1 aromatic rings. The molecule has 0 bridgehead atoms. The molecule has 0 atom stereocenters. The molecule has 0 aliphatic rings. The number of hydrogen-bond acceptors (Lipinski definition) is 1. The lowest BCUT2D eigenvalue weighted by Gasteiger charge is -2.20. The molecule has 1 aromatic carbocycles. The third-order valence-corrected chi connectivity index (χ3v) is 1.96. The van der Waals surface area contributed by atoms with E-state index >= 15 is 0 Å². The van der Waals surface area contributed by atoms with Crippen molar-refractivity contribution in [2.75, 3.05) is 0 Å². The van der Waals surface area contributed by atoms with Crippen molar-refractivity contribution in [1.29, 1.82) is 0 Å². The molecule has 0 aliphatic carbocycles. The number of hydrogen-bond donors (Lipinski definition) is 0. The molecule has 0 saturated carbocycles. The van der Waals surface area contributed by atoms with Gasteiger partial charge in [0.05, 0.1) is 5.56 Å². The topological polar surface area (TPSA) is 17.1 Å². The number of rotatable bonds is 1. The summed E-state index contributed by atoms with van der Waals surface area (Å²) in [5.41, 5.74) is 0.452. The van der Waals surface area contributed by atoms with Crippen LogP contribution >= 0.6 is 0 Å². The fourth-order valence-corrected chi connectivity index (χ4v) is 1.22. The molecule has 0 aromatic heterocycles. The van der Waals surface area contributed by atoms with Gasteiger partial charge in [-0.25, -0.2) is 4.39 Å². The summed E-state index contributed by atoms with van der Waals surface area (Å²) in [6.45, 7) is 5.75. The minimum atomic E-state index is -0.398. The van der Waals surface area contributed by atoms with Crippen molar-refractivity contribution in [2.24, 2.45) is 0 Å². The Bertz CT molecular complexity index is 323. The van der Waals surface area contributed by atoms with Crippen LogP contribution in [0.4, 0.5) is 4.39 Å². The van der Waals surface area contributed by atoms with E-state index in [0.29, 0.717) is 11.8 Å². The zero-order valence-electron chi connectivity index (χ0n) is 8.10. The van der Waals surface area contributed by atoms with Crippen LogP contribution in [-0.2, 0) is 5.41 Å². The average molecular weight is 180 g/mol. The molecular formula is C11H13FO. The highest BCUT2D eigenvalue weighted by Crippen LogP contribution is 2.25. The van der Waals surface area contributed by atoms with E-state index in [2.05, 4.69) is 0 Å². The number of carbonyl (C=O) groups excluding carboxylic acids is 1.